The minimum absolute atomic E-state index is 0.0524. The second kappa shape index (κ2) is 3.38. The molecule has 1 nitrogen and oxygen atoms in total. The van der Waals surface area contributed by atoms with Gasteiger partial charge in [-0.3, -0.25) is 0 Å². The van der Waals surface area contributed by atoms with E-state index in [9.17, 15) is 0 Å². The molecule has 2 aromatic rings. The van der Waals surface area contributed by atoms with Gasteiger partial charge in [0.25, 0.3) is 0 Å². The van der Waals surface area contributed by atoms with E-state index in [0.717, 1.165) is 5.69 Å². The molecule has 1 aliphatic carbocycles. The molecule has 2 aromatic carbocycles. The Morgan fingerprint density at radius 1 is 0.889 bits per heavy atom. The first-order chi connectivity index (χ1) is 8.41. The molecule has 0 radical (unpaired) electrons. The van der Waals surface area contributed by atoms with Crippen molar-refractivity contribution in [2.75, 3.05) is 5.73 Å². The van der Waals surface area contributed by atoms with Gasteiger partial charge >= 0.3 is 0 Å². The highest BCUT2D eigenvalue weighted by Gasteiger charge is 2.36. The van der Waals surface area contributed by atoms with Crippen LogP contribution in [-0.4, -0.2) is 0 Å². The minimum atomic E-state index is 0.0524. The first kappa shape index (κ1) is 11.3. The van der Waals surface area contributed by atoms with Gasteiger partial charge in [0.1, 0.15) is 0 Å². The van der Waals surface area contributed by atoms with E-state index in [1.54, 1.807) is 0 Å². The molecule has 0 bridgehead atoms. The molecule has 0 unspecified atom stereocenters. The van der Waals surface area contributed by atoms with Crippen LogP contribution in [0.3, 0.4) is 0 Å². The van der Waals surface area contributed by atoms with Crippen LogP contribution in [0.4, 0.5) is 5.69 Å². The van der Waals surface area contributed by atoms with E-state index in [4.69, 9.17) is 5.73 Å². The Labute approximate surface area is 109 Å². The molecule has 0 saturated carbocycles. The highest BCUT2D eigenvalue weighted by molar-refractivity contribution is 5.89. The lowest BCUT2D eigenvalue weighted by molar-refractivity contribution is 0.659. The number of rotatable bonds is 0. The Balaban J connectivity index is 2.42. The molecule has 18 heavy (non-hydrogen) atoms. The van der Waals surface area contributed by atoms with E-state index in [2.05, 4.69) is 58.0 Å². The van der Waals surface area contributed by atoms with Gasteiger partial charge < -0.3 is 5.73 Å². The molecule has 92 valence electrons. The summed E-state index contributed by atoms with van der Waals surface area (Å²) in [6.45, 7) is 8.83. The number of hydrogen-bond acceptors (Lipinski definition) is 1. The molecule has 0 spiro atoms. The summed E-state index contributed by atoms with van der Waals surface area (Å²) in [5.41, 5.74) is 15.1. The number of nitrogens with two attached hydrogens (primary N) is 1. The topological polar surface area (TPSA) is 26.0 Å². The summed E-state index contributed by atoms with van der Waals surface area (Å²) in [7, 11) is 0. The third-order valence-electron chi connectivity index (χ3n) is 4.10. The van der Waals surface area contributed by atoms with Crippen LogP contribution in [0.2, 0.25) is 0 Å². The Hall–Kier alpha value is -1.76. The van der Waals surface area contributed by atoms with Gasteiger partial charge in [0.05, 0.1) is 0 Å². The van der Waals surface area contributed by atoms with Crippen LogP contribution >= 0.6 is 0 Å². The van der Waals surface area contributed by atoms with E-state index in [1.807, 2.05) is 0 Å². The number of nitrogen functional groups attached to an aromatic ring is 1. The summed E-state index contributed by atoms with van der Waals surface area (Å²) in [5.74, 6) is 0. The van der Waals surface area contributed by atoms with Crippen LogP contribution in [0.1, 0.15) is 36.1 Å². The quantitative estimate of drug-likeness (QED) is 0.683. The van der Waals surface area contributed by atoms with E-state index in [-0.39, 0.29) is 5.41 Å². The van der Waals surface area contributed by atoms with Gasteiger partial charge in [0.15, 0.2) is 0 Å². The largest absolute Gasteiger partial charge is 0.398 e. The fourth-order valence-electron chi connectivity index (χ4n) is 3.15. The van der Waals surface area contributed by atoms with Crippen molar-refractivity contribution in [3.63, 3.8) is 0 Å². The van der Waals surface area contributed by atoms with Crippen LogP contribution < -0.4 is 5.73 Å². The van der Waals surface area contributed by atoms with Crippen molar-refractivity contribution in [3.8, 4) is 11.1 Å². The first-order valence-corrected chi connectivity index (χ1v) is 6.43. The van der Waals surface area contributed by atoms with Crippen molar-refractivity contribution in [1.29, 1.82) is 0 Å². The van der Waals surface area contributed by atoms with Crippen molar-refractivity contribution < 1.29 is 0 Å². The normalized spacial score (nSPS) is 15.3. The second-order valence-corrected chi connectivity index (χ2v) is 5.95. The predicted octanol–water partition coefficient (Wildman–Crippen LogP) is 4.19. The SMILES string of the molecule is Cc1ccc2c(c1)C(C)(C)c1cc(C)cc(N)c1-2. The average Bonchev–Trinajstić information content (AvgIpc) is 2.49. The van der Waals surface area contributed by atoms with Crippen molar-refractivity contribution >= 4 is 5.69 Å². The summed E-state index contributed by atoms with van der Waals surface area (Å²) in [4.78, 5) is 0. The third-order valence-corrected chi connectivity index (χ3v) is 4.10. The van der Waals surface area contributed by atoms with Crippen LogP contribution in [0, 0.1) is 13.8 Å². The molecular formula is C17H19N. The summed E-state index contributed by atoms with van der Waals surface area (Å²) in [6.07, 6.45) is 0. The number of aryl methyl sites for hydroxylation is 2. The van der Waals surface area contributed by atoms with Crippen molar-refractivity contribution in [2.24, 2.45) is 0 Å². The third kappa shape index (κ3) is 1.34. The first-order valence-electron chi connectivity index (χ1n) is 6.43. The van der Waals surface area contributed by atoms with E-state index < -0.39 is 0 Å². The Kier molecular flexibility index (Phi) is 2.13. The summed E-state index contributed by atoms with van der Waals surface area (Å²) < 4.78 is 0. The van der Waals surface area contributed by atoms with Crippen LogP contribution in [0.25, 0.3) is 11.1 Å². The highest BCUT2D eigenvalue weighted by Crippen LogP contribution is 2.51. The zero-order valence-electron chi connectivity index (χ0n) is 11.5. The summed E-state index contributed by atoms with van der Waals surface area (Å²) in [5, 5.41) is 0. The molecule has 1 aliphatic rings. The maximum Gasteiger partial charge on any atom is 0.0399 e. The maximum atomic E-state index is 6.25. The van der Waals surface area contributed by atoms with Crippen LogP contribution in [-0.2, 0) is 5.41 Å². The molecule has 3 rings (SSSR count). The molecule has 0 heterocycles. The standard InChI is InChI=1S/C17H19N/c1-10-5-6-12-13(7-10)17(3,4)14-8-11(2)9-15(18)16(12)14/h5-9H,18H2,1-4H3. The number of hydrogen-bond donors (Lipinski definition) is 1. The summed E-state index contributed by atoms with van der Waals surface area (Å²) >= 11 is 0. The van der Waals surface area contributed by atoms with E-state index in [1.165, 1.54) is 33.4 Å². The van der Waals surface area contributed by atoms with Crippen LogP contribution in [0.5, 0.6) is 0 Å². The Bertz CT molecular complexity index is 651. The lowest BCUT2D eigenvalue weighted by Gasteiger charge is -2.22. The smallest absolute Gasteiger partial charge is 0.0399 e. The predicted molar refractivity (Wildman–Crippen MR) is 77.9 cm³/mol. The average molecular weight is 237 g/mol. The lowest BCUT2D eigenvalue weighted by Crippen LogP contribution is -2.15. The van der Waals surface area contributed by atoms with Gasteiger partial charge in [-0.2, -0.15) is 0 Å². The molecule has 1 heteroatoms. The maximum absolute atomic E-state index is 6.25. The lowest BCUT2D eigenvalue weighted by atomic mass is 9.81. The fraction of sp³-hybridized carbons (Fsp3) is 0.294. The zero-order chi connectivity index (χ0) is 13.1. The van der Waals surface area contributed by atoms with Crippen LogP contribution in [0.15, 0.2) is 30.3 Å². The van der Waals surface area contributed by atoms with Crippen molar-refractivity contribution in [3.05, 3.63) is 52.6 Å². The molecular weight excluding hydrogens is 218 g/mol. The summed E-state index contributed by atoms with van der Waals surface area (Å²) in [6, 6.07) is 11.0. The zero-order valence-corrected chi connectivity index (χ0v) is 11.5. The second-order valence-electron chi connectivity index (χ2n) is 5.95. The molecule has 0 fully saturated rings. The van der Waals surface area contributed by atoms with E-state index in [0.29, 0.717) is 0 Å². The van der Waals surface area contributed by atoms with Gasteiger partial charge in [-0.1, -0.05) is 43.7 Å². The highest BCUT2D eigenvalue weighted by atomic mass is 14.6. The molecule has 0 aromatic heterocycles. The number of fused-ring (bicyclic) bond motifs is 3. The Morgan fingerprint density at radius 2 is 1.56 bits per heavy atom. The molecule has 0 saturated heterocycles. The monoisotopic (exact) mass is 237 g/mol. The fourth-order valence-corrected chi connectivity index (χ4v) is 3.15. The van der Waals surface area contributed by atoms with E-state index >= 15 is 0 Å². The van der Waals surface area contributed by atoms with Crippen molar-refractivity contribution in [2.45, 2.75) is 33.1 Å². The molecule has 0 atom stereocenters. The van der Waals surface area contributed by atoms with Crippen molar-refractivity contribution in [1.82, 2.24) is 0 Å². The molecule has 0 amide bonds. The Morgan fingerprint density at radius 3 is 2.28 bits per heavy atom. The molecule has 2 N–H and O–H groups in total. The van der Waals surface area contributed by atoms with Gasteiger partial charge in [0.2, 0.25) is 0 Å². The molecule has 0 aliphatic heterocycles. The van der Waals surface area contributed by atoms with Gasteiger partial charge in [-0.25, -0.2) is 0 Å². The number of anilines is 1. The number of benzene rings is 2. The van der Waals surface area contributed by atoms with Gasteiger partial charge in [0, 0.05) is 16.7 Å². The minimum Gasteiger partial charge on any atom is -0.398 e. The van der Waals surface area contributed by atoms with Gasteiger partial charge in [-0.05, 0) is 42.2 Å². The van der Waals surface area contributed by atoms with Gasteiger partial charge in [-0.15, -0.1) is 0 Å².